The van der Waals surface area contributed by atoms with E-state index in [9.17, 15) is 20.4 Å². The number of hydrogen-bond acceptors (Lipinski definition) is 4. The normalized spacial score (nSPS) is 43.8. The van der Waals surface area contributed by atoms with Gasteiger partial charge in [0.1, 0.15) is 11.2 Å². The zero-order valence-corrected chi connectivity index (χ0v) is 7.06. The Morgan fingerprint density at radius 1 is 0.923 bits per heavy atom. The Morgan fingerprint density at radius 3 is 1.69 bits per heavy atom. The Hall–Kier alpha value is -1.00. The Morgan fingerprint density at radius 2 is 1.31 bits per heavy atom. The first-order valence-electron chi connectivity index (χ1n) is 4.26. The number of hydrogen-bond donors (Lipinski definition) is 4. The van der Waals surface area contributed by atoms with Gasteiger partial charge < -0.3 is 20.4 Å². The van der Waals surface area contributed by atoms with Crippen molar-refractivity contribution in [1.82, 2.24) is 0 Å². The molecule has 4 N–H and O–H groups in total. The van der Waals surface area contributed by atoms with Crippen LogP contribution in [0.3, 0.4) is 0 Å². The van der Waals surface area contributed by atoms with E-state index in [4.69, 9.17) is 0 Å². The van der Waals surface area contributed by atoms with Gasteiger partial charge in [-0.05, 0) is 31.4 Å². The van der Waals surface area contributed by atoms with Gasteiger partial charge in [-0.2, -0.15) is 0 Å². The summed E-state index contributed by atoms with van der Waals surface area (Å²) in [6.45, 7) is 0. The third-order valence-electron chi connectivity index (χ3n) is 2.88. The van der Waals surface area contributed by atoms with Crippen LogP contribution in [0.1, 0.15) is 19.3 Å². The highest BCUT2D eigenvalue weighted by Gasteiger charge is 2.53. The molecule has 4 heteroatoms. The molecule has 72 valence electrons. The molecule has 0 aromatic carbocycles. The van der Waals surface area contributed by atoms with Crippen LogP contribution in [0.5, 0.6) is 0 Å². The Bertz CT molecular complexity index is 277. The van der Waals surface area contributed by atoms with Crippen LogP contribution in [-0.2, 0) is 0 Å². The Labute approximate surface area is 75.4 Å². The molecule has 2 aliphatic rings. The van der Waals surface area contributed by atoms with Crippen LogP contribution in [0.4, 0.5) is 0 Å². The van der Waals surface area contributed by atoms with Crippen LogP contribution in [-0.4, -0.2) is 31.6 Å². The largest absolute Gasteiger partial charge is 0.504 e. The van der Waals surface area contributed by atoms with Crippen molar-refractivity contribution in [3.63, 3.8) is 0 Å². The van der Waals surface area contributed by atoms with Gasteiger partial charge in [0.2, 0.25) is 0 Å². The molecular weight excluding hydrogens is 172 g/mol. The van der Waals surface area contributed by atoms with E-state index in [2.05, 4.69) is 0 Å². The molecule has 0 heterocycles. The summed E-state index contributed by atoms with van der Waals surface area (Å²) in [5.41, 5.74) is -2.83. The van der Waals surface area contributed by atoms with E-state index >= 15 is 0 Å². The molecule has 0 saturated heterocycles. The molecule has 4 nitrogen and oxygen atoms in total. The van der Waals surface area contributed by atoms with Crippen LogP contribution >= 0.6 is 0 Å². The molecule has 0 spiro atoms. The van der Waals surface area contributed by atoms with Gasteiger partial charge in [-0.1, -0.05) is 0 Å². The first-order chi connectivity index (χ1) is 5.97. The maximum Gasteiger partial charge on any atom is 0.156 e. The molecule has 0 aromatic rings. The van der Waals surface area contributed by atoms with Crippen molar-refractivity contribution in [1.29, 1.82) is 0 Å². The Balaban J connectivity index is 2.49. The molecule has 0 bridgehead atoms. The fraction of sp³-hybridized carbons (Fsp3) is 0.556. The fourth-order valence-electron chi connectivity index (χ4n) is 2.05. The predicted octanol–water partition coefficient (Wildman–Crippen LogP) is 0.530. The molecule has 1 saturated carbocycles. The first kappa shape index (κ1) is 8.59. The van der Waals surface area contributed by atoms with Crippen molar-refractivity contribution in [2.24, 2.45) is 0 Å². The van der Waals surface area contributed by atoms with Gasteiger partial charge in [0.25, 0.3) is 0 Å². The number of rotatable bonds is 0. The molecule has 13 heavy (non-hydrogen) atoms. The molecule has 1 fully saturated rings. The molecule has 2 unspecified atom stereocenters. The maximum absolute atomic E-state index is 9.92. The van der Waals surface area contributed by atoms with Crippen LogP contribution in [0.15, 0.2) is 23.7 Å². The molecule has 2 rings (SSSR count). The number of aliphatic hydroxyl groups excluding tert-OH is 2. The fourth-order valence-corrected chi connectivity index (χ4v) is 2.05. The van der Waals surface area contributed by atoms with Crippen molar-refractivity contribution in [3.05, 3.63) is 23.7 Å². The van der Waals surface area contributed by atoms with Crippen molar-refractivity contribution in [2.45, 2.75) is 30.5 Å². The molecule has 2 atom stereocenters. The lowest BCUT2D eigenvalue weighted by molar-refractivity contribution is -0.0750. The average molecular weight is 184 g/mol. The van der Waals surface area contributed by atoms with Gasteiger partial charge >= 0.3 is 0 Å². The van der Waals surface area contributed by atoms with Crippen LogP contribution < -0.4 is 0 Å². The topological polar surface area (TPSA) is 80.9 Å². The molecular formula is C9H12O4. The zero-order chi connectivity index (χ0) is 9.69. The van der Waals surface area contributed by atoms with Crippen molar-refractivity contribution >= 4 is 0 Å². The minimum absolute atomic E-state index is 0.367. The van der Waals surface area contributed by atoms with Crippen molar-refractivity contribution in [2.75, 3.05) is 0 Å². The van der Waals surface area contributed by atoms with Crippen LogP contribution in [0, 0.1) is 0 Å². The maximum atomic E-state index is 9.92. The lowest BCUT2D eigenvalue weighted by Crippen LogP contribution is -2.49. The van der Waals surface area contributed by atoms with Crippen LogP contribution in [0.2, 0.25) is 0 Å². The Kier molecular flexibility index (Phi) is 1.50. The van der Waals surface area contributed by atoms with Crippen molar-refractivity contribution < 1.29 is 20.4 Å². The number of fused-ring (bicyclic) bond motifs is 1. The summed E-state index contributed by atoms with van der Waals surface area (Å²) < 4.78 is 0. The summed E-state index contributed by atoms with van der Waals surface area (Å²) in [5.74, 6) is -0.733. The molecule has 0 radical (unpaired) electrons. The van der Waals surface area contributed by atoms with Gasteiger partial charge in [0, 0.05) is 0 Å². The number of aliphatic hydroxyl groups is 4. The van der Waals surface area contributed by atoms with E-state index in [1.54, 1.807) is 0 Å². The van der Waals surface area contributed by atoms with Gasteiger partial charge in [-0.3, -0.25) is 0 Å². The van der Waals surface area contributed by atoms with E-state index in [1.165, 1.54) is 0 Å². The lowest BCUT2D eigenvalue weighted by atomic mass is 9.81. The molecule has 0 amide bonds. The van der Waals surface area contributed by atoms with E-state index < -0.39 is 11.2 Å². The van der Waals surface area contributed by atoms with E-state index in [-0.39, 0.29) is 11.5 Å². The molecule has 0 aliphatic heterocycles. The summed E-state index contributed by atoms with van der Waals surface area (Å²) in [5, 5.41) is 38.2. The zero-order valence-electron chi connectivity index (χ0n) is 7.06. The summed E-state index contributed by atoms with van der Waals surface area (Å²) in [6.07, 6.45) is 3.71. The summed E-state index contributed by atoms with van der Waals surface area (Å²) in [6, 6.07) is 0. The van der Waals surface area contributed by atoms with E-state index in [0.717, 1.165) is 12.2 Å². The van der Waals surface area contributed by atoms with Gasteiger partial charge in [0.05, 0.1) is 0 Å². The standard InChI is InChI=1S/C9H12O4/c10-6-4-8(12)2-1-3-9(8,13)5-7(6)11/h4-5,10-13H,1-3H2. The highest BCUT2D eigenvalue weighted by atomic mass is 16.4. The molecule has 0 aromatic heterocycles. The van der Waals surface area contributed by atoms with Gasteiger partial charge in [-0.25, -0.2) is 0 Å². The predicted molar refractivity (Wildman–Crippen MR) is 45.2 cm³/mol. The average Bonchev–Trinajstić information content (AvgIpc) is 2.27. The third-order valence-corrected chi connectivity index (χ3v) is 2.88. The summed E-state index contributed by atoms with van der Waals surface area (Å²) >= 11 is 0. The first-order valence-corrected chi connectivity index (χ1v) is 4.26. The minimum atomic E-state index is -1.41. The smallest absolute Gasteiger partial charge is 0.156 e. The SMILES string of the molecule is OC1=CC2(O)CCCC2(O)C=C1O. The lowest BCUT2D eigenvalue weighted by Gasteiger charge is -2.36. The third kappa shape index (κ3) is 0.990. The van der Waals surface area contributed by atoms with Gasteiger partial charge in [0.15, 0.2) is 11.5 Å². The second kappa shape index (κ2) is 2.27. The van der Waals surface area contributed by atoms with Crippen molar-refractivity contribution in [3.8, 4) is 0 Å². The monoisotopic (exact) mass is 184 g/mol. The summed E-state index contributed by atoms with van der Waals surface area (Å²) in [4.78, 5) is 0. The second-order valence-corrected chi connectivity index (χ2v) is 3.76. The van der Waals surface area contributed by atoms with E-state index in [1.807, 2.05) is 0 Å². The second-order valence-electron chi connectivity index (χ2n) is 3.76. The summed E-state index contributed by atoms with van der Waals surface area (Å²) in [7, 11) is 0. The quantitative estimate of drug-likeness (QED) is 0.442. The highest BCUT2D eigenvalue weighted by Crippen LogP contribution is 2.45. The minimum Gasteiger partial charge on any atom is -0.504 e. The van der Waals surface area contributed by atoms with E-state index in [0.29, 0.717) is 19.3 Å². The van der Waals surface area contributed by atoms with Gasteiger partial charge in [-0.15, -0.1) is 0 Å². The highest BCUT2D eigenvalue weighted by molar-refractivity contribution is 5.37. The van der Waals surface area contributed by atoms with Crippen LogP contribution in [0.25, 0.3) is 0 Å². The molecule has 2 aliphatic carbocycles.